The number of benzene rings is 3. The summed E-state index contributed by atoms with van der Waals surface area (Å²) in [4.78, 5) is 12.3. The number of hydrogen-bond donors (Lipinski definition) is 1. The number of rotatable bonds is 6. The lowest BCUT2D eigenvalue weighted by Crippen LogP contribution is -2.17. The molecule has 0 saturated heterocycles. The summed E-state index contributed by atoms with van der Waals surface area (Å²) in [5.41, 5.74) is 4.70. The number of carbonyl (C=O) groups is 1. The number of nitrogens with one attached hydrogen (secondary N) is 1. The van der Waals surface area contributed by atoms with Crippen molar-refractivity contribution < 1.29 is 19.0 Å². The first kappa shape index (κ1) is 21.7. The Hall–Kier alpha value is -2.55. The fourth-order valence-electron chi connectivity index (χ4n) is 2.80. The molecule has 4 rings (SSSR count). The van der Waals surface area contributed by atoms with E-state index in [-0.39, 0.29) is 12.7 Å². The Labute approximate surface area is 200 Å². The smallest absolute Gasteiger partial charge is 0.271 e. The zero-order valence-corrected chi connectivity index (χ0v) is 19.8. The number of fused-ring (bicyclic) bond motifs is 1. The molecule has 9 heteroatoms. The van der Waals surface area contributed by atoms with Crippen molar-refractivity contribution in [2.24, 2.45) is 5.10 Å². The number of carbonyl (C=O) groups excluding carboxylic acids is 1. The van der Waals surface area contributed by atoms with Gasteiger partial charge in [0.2, 0.25) is 6.79 Å². The molecule has 1 aliphatic rings. The minimum Gasteiger partial charge on any atom is -0.487 e. The number of hydrazone groups is 1. The largest absolute Gasteiger partial charge is 0.487 e. The summed E-state index contributed by atoms with van der Waals surface area (Å²) in [5.74, 6) is 1.47. The topological polar surface area (TPSA) is 69.2 Å². The van der Waals surface area contributed by atoms with E-state index >= 15 is 0 Å². The molecule has 158 valence electrons. The molecule has 1 aliphatic heterocycles. The SMILES string of the molecule is O=C(N/N=C\c1cc(Br)c(OCc2ccc(Cl)cc2)c(Br)c1)c1ccc2c(c1)OCO2. The second kappa shape index (κ2) is 9.72. The van der Waals surface area contributed by atoms with Crippen LogP contribution in [0.4, 0.5) is 0 Å². The Morgan fingerprint density at radius 2 is 1.77 bits per heavy atom. The van der Waals surface area contributed by atoms with E-state index < -0.39 is 0 Å². The standard InChI is InChI=1S/C22H15Br2ClN2O4/c23-17-7-14(8-18(24)21(17)29-11-13-1-4-16(25)5-2-13)10-26-27-22(28)15-3-6-19-20(9-15)31-12-30-19/h1-10H,11-12H2,(H,27,28)/b26-10-. The van der Waals surface area contributed by atoms with Gasteiger partial charge < -0.3 is 14.2 Å². The summed E-state index contributed by atoms with van der Waals surface area (Å²) in [7, 11) is 0. The molecule has 0 unspecified atom stereocenters. The Kier molecular flexibility index (Phi) is 6.80. The van der Waals surface area contributed by atoms with Gasteiger partial charge in [-0.05, 0) is 85.5 Å². The molecule has 0 saturated carbocycles. The molecule has 0 aromatic heterocycles. The highest BCUT2D eigenvalue weighted by Crippen LogP contribution is 2.35. The fourth-order valence-corrected chi connectivity index (χ4v) is 4.37. The molecule has 0 radical (unpaired) electrons. The zero-order chi connectivity index (χ0) is 21.8. The van der Waals surface area contributed by atoms with Crippen LogP contribution in [-0.4, -0.2) is 18.9 Å². The van der Waals surface area contributed by atoms with Crippen molar-refractivity contribution in [3.05, 3.63) is 85.3 Å². The number of halogens is 3. The Morgan fingerprint density at radius 1 is 1.06 bits per heavy atom. The maximum absolute atomic E-state index is 12.3. The predicted octanol–water partition coefficient (Wildman–Crippen LogP) is 5.94. The summed E-state index contributed by atoms with van der Waals surface area (Å²) in [5, 5.41) is 4.71. The van der Waals surface area contributed by atoms with E-state index in [4.69, 9.17) is 25.8 Å². The normalized spacial score (nSPS) is 12.2. The van der Waals surface area contributed by atoms with Gasteiger partial charge in [0.1, 0.15) is 12.4 Å². The maximum Gasteiger partial charge on any atom is 0.271 e. The van der Waals surface area contributed by atoms with Crippen molar-refractivity contribution in [1.29, 1.82) is 0 Å². The predicted molar refractivity (Wildman–Crippen MR) is 125 cm³/mol. The van der Waals surface area contributed by atoms with Crippen LogP contribution >= 0.6 is 43.5 Å². The van der Waals surface area contributed by atoms with E-state index in [1.807, 2.05) is 36.4 Å². The lowest BCUT2D eigenvalue weighted by molar-refractivity contribution is 0.0954. The summed E-state index contributed by atoms with van der Waals surface area (Å²) < 4.78 is 17.9. The lowest BCUT2D eigenvalue weighted by atomic mass is 10.2. The second-order valence-electron chi connectivity index (χ2n) is 6.50. The average Bonchev–Trinajstić information content (AvgIpc) is 3.22. The molecular formula is C22H15Br2ClN2O4. The van der Waals surface area contributed by atoms with Crippen LogP contribution in [0.25, 0.3) is 0 Å². The van der Waals surface area contributed by atoms with Gasteiger partial charge in [0.15, 0.2) is 11.5 Å². The molecule has 6 nitrogen and oxygen atoms in total. The molecule has 3 aromatic carbocycles. The van der Waals surface area contributed by atoms with Gasteiger partial charge in [-0.3, -0.25) is 4.79 Å². The fraction of sp³-hybridized carbons (Fsp3) is 0.0909. The van der Waals surface area contributed by atoms with Gasteiger partial charge in [-0.1, -0.05) is 23.7 Å². The molecule has 0 atom stereocenters. The number of ether oxygens (including phenoxy) is 3. The van der Waals surface area contributed by atoms with Gasteiger partial charge in [-0.15, -0.1) is 0 Å². The Balaban J connectivity index is 1.38. The number of hydrogen-bond acceptors (Lipinski definition) is 5. The quantitative estimate of drug-likeness (QED) is 0.296. The van der Waals surface area contributed by atoms with E-state index in [1.165, 1.54) is 0 Å². The Morgan fingerprint density at radius 3 is 2.52 bits per heavy atom. The van der Waals surface area contributed by atoms with Crippen molar-refractivity contribution >= 4 is 55.6 Å². The van der Waals surface area contributed by atoms with E-state index in [2.05, 4.69) is 42.4 Å². The van der Waals surface area contributed by atoms with Crippen LogP contribution in [0, 0.1) is 0 Å². The summed E-state index contributed by atoms with van der Waals surface area (Å²) in [6.45, 7) is 0.551. The molecule has 1 heterocycles. The van der Waals surface area contributed by atoms with Crippen LogP contribution < -0.4 is 19.6 Å². The van der Waals surface area contributed by atoms with Gasteiger partial charge in [0.25, 0.3) is 5.91 Å². The highest BCUT2D eigenvalue weighted by molar-refractivity contribution is 9.11. The first-order valence-corrected chi connectivity index (χ1v) is 11.1. The molecular weight excluding hydrogens is 552 g/mol. The van der Waals surface area contributed by atoms with Crippen molar-refractivity contribution in [3.8, 4) is 17.2 Å². The first-order chi connectivity index (χ1) is 15.0. The number of nitrogens with zero attached hydrogens (tertiary/aromatic N) is 1. The minimum atomic E-state index is -0.351. The zero-order valence-electron chi connectivity index (χ0n) is 15.9. The average molecular weight is 567 g/mol. The third-order valence-corrected chi connectivity index (χ3v) is 5.76. The highest BCUT2D eigenvalue weighted by Gasteiger charge is 2.16. The number of amides is 1. The van der Waals surface area contributed by atoms with Crippen LogP contribution in [0.2, 0.25) is 5.02 Å². The first-order valence-electron chi connectivity index (χ1n) is 9.09. The Bertz CT molecular complexity index is 1130. The van der Waals surface area contributed by atoms with E-state index in [1.54, 1.807) is 24.4 Å². The van der Waals surface area contributed by atoms with Crippen molar-refractivity contribution in [1.82, 2.24) is 5.43 Å². The van der Waals surface area contributed by atoms with Crippen molar-refractivity contribution in [2.75, 3.05) is 6.79 Å². The van der Waals surface area contributed by atoms with Crippen LogP contribution in [-0.2, 0) is 6.61 Å². The molecule has 1 N–H and O–H groups in total. The van der Waals surface area contributed by atoms with Crippen LogP contribution in [0.3, 0.4) is 0 Å². The summed E-state index contributed by atoms with van der Waals surface area (Å²) in [6, 6.07) is 16.1. The highest BCUT2D eigenvalue weighted by atomic mass is 79.9. The van der Waals surface area contributed by atoms with Crippen LogP contribution in [0.15, 0.2) is 68.6 Å². The van der Waals surface area contributed by atoms with E-state index in [0.717, 1.165) is 20.1 Å². The molecule has 1 amide bonds. The molecule has 0 bridgehead atoms. The van der Waals surface area contributed by atoms with Gasteiger partial charge in [-0.25, -0.2) is 5.43 Å². The van der Waals surface area contributed by atoms with E-state index in [0.29, 0.717) is 34.4 Å². The monoisotopic (exact) mass is 564 g/mol. The van der Waals surface area contributed by atoms with Crippen LogP contribution in [0.5, 0.6) is 17.2 Å². The van der Waals surface area contributed by atoms with Gasteiger partial charge in [0, 0.05) is 10.6 Å². The van der Waals surface area contributed by atoms with Gasteiger partial charge in [-0.2, -0.15) is 5.10 Å². The van der Waals surface area contributed by atoms with Gasteiger partial charge in [0.05, 0.1) is 15.2 Å². The van der Waals surface area contributed by atoms with Crippen LogP contribution in [0.1, 0.15) is 21.5 Å². The van der Waals surface area contributed by atoms with Gasteiger partial charge >= 0.3 is 0 Å². The summed E-state index contributed by atoms with van der Waals surface area (Å²) >= 11 is 12.9. The maximum atomic E-state index is 12.3. The molecule has 0 fully saturated rings. The van der Waals surface area contributed by atoms with E-state index in [9.17, 15) is 4.79 Å². The minimum absolute atomic E-state index is 0.154. The lowest BCUT2D eigenvalue weighted by Gasteiger charge is -2.11. The van der Waals surface area contributed by atoms with Crippen molar-refractivity contribution in [2.45, 2.75) is 6.61 Å². The van der Waals surface area contributed by atoms with Crippen molar-refractivity contribution in [3.63, 3.8) is 0 Å². The molecule has 0 spiro atoms. The molecule has 3 aromatic rings. The third kappa shape index (κ3) is 5.39. The summed E-state index contributed by atoms with van der Waals surface area (Å²) in [6.07, 6.45) is 1.55. The molecule has 31 heavy (non-hydrogen) atoms. The third-order valence-electron chi connectivity index (χ3n) is 4.33. The second-order valence-corrected chi connectivity index (χ2v) is 8.64. The molecule has 0 aliphatic carbocycles.